The molecule has 1 aliphatic heterocycles. The SMILES string of the molecule is Cc1ccc(Cl)cc1Nc1nc(-c2ccncc2)nc2c1CN(C(=O)C(C)(C)C)CC2. The first kappa shape index (κ1) is 21.2. The number of aryl methyl sites for hydroxylation is 1. The summed E-state index contributed by atoms with van der Waals surface area (Å²) in [6.45, 7) is 8.98. The van der Waals surface area contributed by atoms with Gasteiger partial charge in [-0.05, 0) is 36.8 Å². The molecular weight excluding hydrogens is 410 g/mol. The van der Waals surface area contributed by atoms with Crippen LogP contribution in [0.5, 0.6) is 0 Å². The molecule has 3 aromatic rings. The highest BCUT2D eigenvalue weighted by atomic mass is 35.5. The number of halogens is 1. The summed E-state index contributed by atoms with van der Waals surface area (Å²) in [6, 6.07) is 9.52. The van der Waals surface area contributed by atoms with Gasteiger partial charge < -0.3 is 10.2 Å². The number of pyridine rings is 1. The van der Waals surface area contributed by atoms with Gasteiger partial charge in [-0.25, -0.2) is 9.97 Å². The highest BCUT2D eigenvalue weighted by Crippen LogP contribution is 2.32. The number of hydrogen-bond donors (Lipinski definition) is 1. The molecule has 1 aliphatic rings. The number of aromatic nitrogens is 3. The predicted molar refractivity (Wildman–Crippen MR) is 123 cm³/mol. The average Bonchev–Trinajstić information content (AvgIpc) is 2.75. The normalized spacial score (nSPS) is 13.6. The lowest BCUT2D eigenvalue weighted by atomic mass is 9.93. The first-order valence-corrected chi connectivity index (χ1v) is 10.7. The first-order chi connectivity index (χ1) is 14.7. The molecular formula is C24H26ClN5O. The fraction of sp³-hybridized carbons (Fsp3) is 0.333. The van der Waals surface area contributed by atoms with E-state index in [-0.39, 0.29) is 5.91 Å². The molecule has 31 heavy (non-hydrogen) atoms. The molecule has 0 radical (unpaired) electrons. The Labute approximate surface area is 187 Å². The maximum atomic E-state index is 12.9. The van der Waals surface area contributed by atoms with Crippen LogP contribution < -0.4 is 5.32 Å². The van der Waals surface area contributed by atoms with E-state index in [9.17, 15) is 4.79 Å². The Morgan fingerprint density at radius 3 is 2.58 bits per heavy atom. The monoisotopic (exact) mass is 435 g/mol. The van der Waals surface area contributed by atoms with Crippen LogP contribution in [0.15, 0.2) is 42.7 Å². The third-order valence-electron chi connectivity index (χ3n) is 5.38. The molecule has 0 bridgehead atoms. The topological polar surface area (TPSA) is 71.0 Å². The van der Waals surface area contributed by atoms with Crippen LogP contribution >= 0.6 is 11.6 Å². The van der Waals surface area contributed by atoms with Gasteiger partial charge in [-0.1, -0.05) is 38.4 Å². The van der Waals surface area contributed by atoms with Crippen LogP contribution in [0.3, 0.4) is 0 Å². The van der Waals surface area contributed by atoms with E-state index < -0.39 is 5.41 Å². The summed E-state index contributed by atoms with van der Waals surface area (Å²) in [5.41, 5.74) is 4.31. The lowest BCUT2D eigenvalue weighted by Gasteiger charge is -2.34. The maximum absolute atomic E-state index is 12.9. The minimum atomic E-state index is -0.438. The number of carbonyl (C=O) groups is 1. The highest BCUT2D eigenvalue weighted by molar-refractivity contribution is 6.30. The highest BCUT2D eigenvalue weighted by Gasteiger charge is 2.32. The van der Waals surface area contributed by atoms with Crippen molar-refractivity contribution >= 4 is 29.0 Å². The van der Waals surface area contributed by atoms with E-state index in [1.54, 1.807) is 12.4 Å². The molecule has 0 unspecified atom stereocenters. The number of fused-ring (bicyclic) bond motifs is 1. The van der Waals surface area contributed by atoms with E-state index in [1.165, 1.54) is 0 Å². The minimum Gasteiger partial charge on any atom is -0.340 e. The van der Waals surface area contributed by atoms with Crippen molar-refractivity contribution in [3.05, 3.63) is 64.6 Å². The number of anilines is 2. The molecule has 2 aromatic heterocycles. The van der Waals surface area contributed by atoms with Gasteiger partial charge in [-0.2, -0.15) is 0 Å². The summed E-state index contributed by atoms with van der Waals surface area (Å²) in [5, 5.41) is 4.11. The quantitative estimate of drug-likeness (QED) is 0.614. The molecule has 0 saturated carbocycles. The Morgan fingerprint density at radius 1 is 1.13 bits per heavy atom. The van der Waals surface area contributed by atoms with Gasteiger partial charge in [0, 0.05) is 52.6 Å². The number of benzene rings is 1. The van der Waals surface area contributed by atoms with E-state index in [0.29, 0.717) is 36.2 Å². The summed E-state index contributed by atoms with van der Waals surface area (Å²) >= 11 is 6.24. The van der Waals surface area contributed by atoms with E-state index in [4.69, 9.17) is 21.6 Å². The van der Waals surface area contributed by atoms with Crippen molar-refractivity contribution in [2.45, 2.75) is 40.7 Å². The van der Waals surface area contributed by atoms with Gasteiger partial charge in [-0.15, -0.1) is 0 Å². The second-order valence-corrected chi connectivity index (χ2v) is 9.30. The van der Waals surface area contributed by atoms with E-state index >= 15 is 0 Å². The molecule has 1 amide bonds. The van der Waals surface area contributed by atoms with Crippen LogP contribution in [0.4, 0.5) is 11.5 Å². The van der Waals surface area contributed by atoms with Crippen LogP contribution in [0, 0.1) is 12.3 Å². The Bertz CT molecular complexity index is 1120. The summed E-state index contributed by atoms with van der Waals surface area (Å²) in [6.07, 6.45) is 4.15. The molecule has 0 aliphatic carbocycles. The number of hydrogen-bond acceptors (Lipinski definition) is 5. The molecule has 6 nitrogen and oxygen atoms in total. The molecule has 1 N–H and O–H groups in total. The third kappa shape index (κ3) is 4.54. The number of carbonyl (C=O) groups excluding carboxylic acids is 1. The summed E-state index contributed by atoms with van der Waals surface area (Å²) in [7, 11) is 0. The molecule has 0 spiro atoms. The average molecular weight is 436 g/mol. The second kappa shape index (κ2) is 8.27. The van der Waals surface area contributed by atoms with Crippen LogP contribution in [0.1, 0.15) is 37.6 Å². The summed E-state index contributed by atoms with van der Waals surface area (Å²) in [4.78, 5) is 28.6. The maximum Gasteiger partial charge on any atom is 0.228 e. The van der Waals surface area contributed by atoms with Crippen molar-refractivity contribution in [1.82, 2.24) is 19.9 Å². The Hall–Kier alpha value is -2.99. The fourth-order valence-electron chi connectivity index (χ4n) is 3.65. The molecule has 0 fully saturated rings. The lowest BCUT2D eigenvalue weighted by Crippen LogP contribution is -2.42. The Kier molecular flexibility index (Phi) is 5.67. The van der Waals surface area contributed by atoms with Crippen molar-refractivity contribution in [1.29, 1.82) is 0 Å². The zero-order valence-electron chi connectivity index (χ0n) is 18.2. The molecule has 7 heteroatoms. The van der Waals surface area contributed by atoms with Gasteiger partial charge in [0.25, 0.3) is 0 Å². The van der Waals surface area contributed by atoms with Gasteiger partial charge >= 0.3 is 0 Å². The molecule has 0 saturated heterocycles. The summed E-state index contributed by atoms with van der Waals surface area (Å²) in [5.74, 6) is 1.47. The van der Waals surface area contributed by atoms with Gasteiger partial charge in [-0.3, -0.25) is 9.78 Å². The smallest absolute Gasteiger partial charge is 0.228 e. The van der Waals surface area contributed by atoms with Crippen LogP contribution in [-0.2, 0) is 17.8 Å². The van der Waals surface area contributed by atoms with Crippen molar-refractivity contribution in [3.8, 4) is 11.4 Å². The zero-order valence-corrected chi connectivity index (χ0v) is 19.0. The molecule has 3 heterocycles. The van der Waals surface area contributed by atoms with E-state index in [2.05, 4.69) is 10.3 Å². The molecule has 4 rings (SSSR count). The van der Waals surface area contributed by atoms with Crippen LogP contribution in [-0.4, -0.2) is 32.3 Å². The fourth-order valence-corrected chi connectivity index (χ4v) is 3.82. The van der Waals surface area contributed by atoms with E-state index in [0.717, 1.165) is 28.1 Å². The van der Waals surface area contributed by atoms with Crippen molar-refractivity contribution < 1.29 is 4.79 Å². The van der Waals surface area contributed by atoms with Crippen LogP contribution in [0.25, 0.3) is 11.4 Å². The van der Waals surface area contributed by atoms with Gasteiger partial charge in [0.15, 0.2) is 5.82 Å². The van der Waals surface area contributed by atoms with Crippen molar-refractivity contribution in [3.63, 3.8) is 0 Å². The predicted octanol–water partition coefficient (Wildman–Crippen LogP) is 5.17. The Morgan fingerprint density at radius 2 is 1.87 bits per heavy atom. The zero-order chi connectivity index (χ0) is 22.2. The largest absolute Gasteiger partial charge is 0.340 e. The number of amides is 1. The van der Waals surface area contributed by atoms with E-state index in [1.807, 2.05) is 62.9 Å². The third-order valence-corrected chi connectivity index (χ3v) is 5.62. The van der Waals surface area contributed by atoms with Gasteiger partial charge in [0.05, 0.1) is 12.2 Å². The van der Waals surface area contributed by atoms with Crippen molar-refractivity contribution in [2.24, 2.45) is 5.41 Å². The standard InChI is InChI=1S/C24H26ClN5O/c1-15-5-6-17(25)13-20(15)28-22-18-14-30(23(31)24(2,3)4)12-9-19(18)27-21(29-22)16-7-10-26-11-8-16/h5-8,10-11,13H,9,12,14H2,1-4H3,(H,27,28,29). The Balaban J connectivity index is 1.79. The molecule has 1 aromatic carbocycles. The van der Waals surface area contributed by atoms with Crippen molar-refractivity contribution in [2.75, 3.05) is 11.9 Å². The molecule has 0 atom stereocenters. The number of nitrogens with one attached hydrogen (secondary N) is 1. The minimum absolute atomic E-state index is 0.126. The molecule has 160 valence electrons. The first-order valence-electron chi connectivity index (χ1n) is 10.3. The lowest BCUT2D eigenvalue weighted by molar-refractivity contribution is -0.140. The number of rotatable bonds is 3. The second-order valence-electron chi connectivity index (χ2n) is 8.87. The van der Waals surface area contributed by atoms with Gasteiger partial charge in [0.1, 0.15) is 5.82 Å². The van der Waals surface area contributed by atoms with Crippen LogP contribution in [0.2, 0.25) is 5.02 Å². The number of nitrogens with zero attached hydrogens (tertiary/aromatic N) is 4. The summed E-state index contributed by atoms with van der Waals surface area (Å²) < 4.78 is 0. The van der Waals surface area contributed by atoms with Gasteiger partial charge in [0.2, 0.25) is 5.91 Å².